The number of carbonyl (C=O) groups excluding carboxylic acids is 2. The molecule has 13 rings (SSSR count). The summed E-state index contributed by atoms with van der Waals surface area (Å²) in [6, 6.07) is 74.2. The molecule has 1 radical (unpaired) electrons. The van der Waals surface area contributed by atoms with E-state index in [4.69, 9.17) is 0 Å². The van der Waals surface area contributed by atoms with Gasteiger partial charge in [-0.15, -0.1) is 21.7 Å². The van der Waals surface area contributed by atoms with Crippen LogP contribution < -0.4 is 46.1 Å². The molecule has 0 spiro atoms. The molecule has 2 N–H and O–H groups in total. The minimum absolute atomic E-state index is 0. The van der Waals surface area contributed by atoms with E-state index in [9.17, 15) is 76.2 Å². The van der Waals surface area contributed by atoms with Crippen molar-refractivity contribution in [3.63, 3.8) is 0 Å². The van der Waals surface area contributed by atoms with Gasteiger partial charge < -0.3 is 40.2 Å². The Kier molecular flexibility index (Phi) is 33.6. The number of allylic oxidation sites excluding steroid dienone is 2. The predicted molar refractivity (Wildman–Crippen MR) is 480 cm³/mol. The van der Waals surface area contributed by atoms with Gasteiger partial charge in [0.25, 0.3) is 23.2 Å². The summed E-state index contributed by atoms with van der Waals surface area (Å²) >= 11 is 0. The first-order valence-electron chi connectivity index (χ1n) is 39.6. The standard InChI is InChI=1S/3C20H24N3.2C16H14N4O8S.Cr/c3*1-5-20(2)17-13-9-10-14-18(17)22(3)19(20)15-21-23(4)16-11-7-6-8-12-16;2*1-9(21)14(16(23)17-10-5-3-2-4-6-10)19-18-12-7-11(20(24)25)8-13(15(12)22)29(26,27)28;/h3*6-15H,5H2,1-4H3;2*2-8,21-22H,1H3,(H,17,23)(H,26,27,28);/q3*+1;;;+3/p-6. The summed E-state index contributed by atoms with van der Waals surface area (Å²) < 4.78 is 73.8. The van der Waals surface area contributed by atoms with Crippen molar-refractivity contribution in [3.05, 3.63) is 309 Å². The fraction of sp³-hybridized carbons (Fsp3) is 0.217. The molecule has 0 fully saturated rings. The molecule has 0 bridgehead atoms. The van der Waals surface area contributed by atoms with Crippen LogP contribution in [-0.4, -0.2) is 139 Å². The third-order valence-electron chi connectivity index (χ3n) is 21.6. The van der Waals surface area contributed by atoms with E-state index >= 15 is 0 Å². The van der Waals surface area contributed by atoms with Gasteiger partial charge in [0.15, 0.2) is 0 Å². The van der Waals surface area contributed by atoms with E-state index in [1.165, 1.54) is 75.2 Å². The molecule has 0 aromatic heterocycles. The van der Waals surface area contributed by atoms with Gasteiger partial charge >= 0.3 is 17.4 Å². The maximum atomic E-state index is 12.2. The normalized spacial score (nSPS) is 16.5. The molecule has 3 atom stereocenters. The van der Waals surface area contributed by atoms with Crippen molar-refractivity contribution in [3.8, 4) is 11.5 Å². The number of para-hydroxylation sites is 8. The largest absolute Gasteiger partial charge is 3.00 e. The Balaban J connectivity index is 0.000000198. The van der Waals surface area contributed by atoms with Crippen LogP contribution in [0.4, 0.5) is 68.2 Å². The smallest absolute Gasteiger partial charge is 0.874 e. The number of nitro benzene ring substituents is 2. The Morgan fingerprint density at radius 3 is 0.898 bits per heavy atom. The van der Waals surface area contributed by atoms with Crippen LogP contribution in [0.3, 0.4) is 0 Å². The number of amides is 2. The quantitative estimate of drug-likeness (QED) is 0.00829. The summed E-state index contributed by atoms with van der Waals surface area (Å²) in [7, 11) is 1.65. The molecule has 0 saturated carbocycles. The molecule has 33 nitrogen and oxygen atoms in total. The summed E-state index contributed by atoms with van der Waals surface area (Å²) in [6.45, 7) is 15.6. The molecule has 36 heteroatoms. The molecule has 128 heavy (non-hydrogen) atoms. The summed E-state index contributed by atoms with van der Waals surface area (Å²) in [4.78, 5) is 41.3. The van der Waals surface area contributed by atoms with Crippen molar-refractivity contribution in [1.82, 2.24) is 0 Å². The van der Waals surface area contributed by atoms with Crippen molar-refractivity contribution < 1.29 is 96.9 Å². The monoisotopic (exact) mass is 1810 g/mol. The number of hydrogen-bond acceptors (Lipinski definition) is 26. The van der Waals surface area contributed by atoms with E-state index in [1.54, 1.807) is 36.4 Å². The molecule has 3 unspecified atom stereocenters. The molecule has 2 amide bonds. The molecule has 661 valence electrons. The van der Waals surface area contributed by atoms with Gasteiger partial charge in [-0.1, -0.05) is 192 Å². The number of nitrogens with zero attached hydrogens (tertiary/aromatic N) is 15. The van der Waals surface area contributed by atoms with Gasteiger partial charge in [-0.2, -0.15) is 39.3 Å². The van der Waals surface area contributed by atoms with Gasteiger partial charge in [-0.05, 0) is 101 Å². The number of fused-ring (bicyclic) bond motifs is 3. The van der Waals surface area contributed by atoms with Crippen molar-refractivity contribution in [2.24, 2.45) is 35.8 Å². The van der Waals surface area contributed by atoms with Crippen molar-refractivity contribution in [2.45, 2.75) is 101 Å². The van der Waals surface area contributed by atoms with Crippen LogP contribution in [-0.2, 0) is 63.4 Å². The van der Waals surface area contributed by atoms with Crippen LogP contribution >= 0.6 is 0 Å². The number of hydrazone groups is 3. The fourth-order valence-corrected chi connectivity index (χ4v) is 15.2. The van der Waals surface area contributed by atoms with Crippen molar-refractivity contribution in [2.75, 3.05) is 67.9 Å². The number of anilines is 5. The zero-order chi connectivity index (χ0) is 92.9. The molecular weight excluding hydrogens is 1720 g/mol. The number of hydrogen-bond donors (Lipinski definition) is 2. The van der Waals surface area contributed by atoms with Gasteiger partial charge in [0, 0.05) is 91.7 Å². The fourth-order valence-electron chi connectivity index (χ4n) is 14.0. The topological polar surface area (TPSA) is 456 Å². The second-order valence-corrected chi connectivity index (χ2v) is 32.3. The molecule has 3 heterocycles. The minimum atomic E-state index is -5.35. The zero-order valence-corrected chi connectivity index (χ0v) is 75.4. The number of nitro groups is 2. The number of azo groups is 2. The van der Waals surface area contributed by atoms with Gasteiger partial charge in [0.05, 0.1) is 64.3 Å². The maximum Gasteiger partial charge on any atom is 3.00 e. The number of rotatable bonds is 24. The van der Waals surface area contributed by atoms with E-state index in [2.05, 4.69) is 232 Å². The molecule has 10 aromatic rings. The number of nitrogens with one attached hydrogen (secondary N) is 2. The Morgan fingerprint density at radius 1 is 0.422 bits per heavy atom. The van der Waals surface area contributed by atoms with E-state index in [-0.39, 0.29) is 33.6 Å². The van der Waals surface area contributed by atoms with Crippen molar-refractivity contribution in [1.29, 1.82) is 0 Å². The number of carbonyl (C=O) groups is 2. The van der Waals surface area contributed by atoms with Crippen molar-refractivity contribution >= 4 is 136 Å². The molecule has 10 aromatic carbocycles. The Bertz CT molecular complexity index is 5820. The van der Waals surface area contributed by atoms with Crippen LogP contribution in [0.15, 0.2) is 317 Å². The number of non-ortho nitro benzene ring substituents is 2. The Labute approximate surface area is 752 Å². The predicted octanol–water partition coefficient (Wildman–Crippen LogP) is 14.4. The molecule has 0 aliphatic carbocycles. The minimum Gasteiger partial charge on any atom is -0.874 e. The average Bonchev–Trinajstić information content (AvgIpc) is 1.60. The maximum absolute atomic E-state index is 12.2. The second-order valence-electron chi connectivity index (χ2n) is 29.6. The van der Waals surface area contributed by atoms with Crippen LogP contribution in [0, 0.1) is 20.2 Å². The Morgan fingerprint density at radius 2 is 0.664 bits per heavy atom. The van der Waals surface area contributed by atoms with Gasteiger partial charge in [-0.3, -0.25) is 44.8 Å². The van der Waals surface area contributed by atoms with E-state index in [1.807, 2.05) is 109 Å². The first-order chi connectivity index (χ1) is 60.2. The van der Waals surface area contributed by atoms with E-state index < -0.39 is 109 Å². The first kappa shape index (κ1) is 99.0. The number of benzene rings is 10. The van der Waals surface area contributed by atoms with Gasteiger partial charge in [-0.25, -0.2) is 16.8 Å². The van der Waals surface area contributed by atoms with Crippen LogP contribution in [0.1, 0.15) is 91.3 Å². The summed E-state index contributed by atoms with van der Waals surface area (Å²) in [5.41, 5.74) is 10.5. The summed E-state index contributed by atoms with van der Waals surface area (Å²) in [5.74, 6) is -6.58. The molecule has 3 aliphatic heterocycles. The van der Waals surface area contributed by atoms with Gasteiger partial charge in [0.2, 0.25) is 34.2 Å². The zero-order valence-electron chi connectivity index (χ0n) is 72.5. The van der Waals surface area contributed by atoms with E-state index in [0.717, 1.165) is 50.2 Å². The summed E-state index contributed by atoms with van der Waals surface area (Å²) in [5, 5.41) is 107. The third kappa shape index (κ3) is 23.6. The first-order valence-corrected chi connectivity index (χ1v) is 42.4. The Hall–Kier alpha value is -14.4. The SMILES string of the molecule is CC([O-])=C(N=Nc1cc([N+](=O)[O-])cc(S(=O)(=O)[O-])c1[O-])C(=O)Nc1ccccc1.CC([O-])=C(N=Nc1cc([N+](=O)[O-])cc(S(=O)(=O)[O-])c1[O-])C(=O)Nc1ccccc1.CCC1(C)C(C=NN(C)c2ccccc2)=[N+](C)c2ccccc21.CCC1(C)C(C=NN(C)c2ccccc2)=[N+](C)c2ccccc21.CCC1(C)C(C=NN(C)c2ccccc2)=[N+](C)c2ccccc21.[Cr+3]. The van der Waals surface area contributed by atoms with Crippen LogP contribution in [0.5, 0.6) is 11.5 Å². The molecular formula is C92H94CrN17O16S2. The molecule has 0 saturated heterocycles. The van der Waals surface area contributed by atoms with Gasteiger partial charge in [0.1, 0.15) is 71.4 Å². The second kappa shape index (κ2) is 43.5. The average molecular weight is 1810 g/mol. The van der Waals surface area contributed by atoms with Crippen LogP contribution in [0.25, 0.3) is 0 Å². The summed E-state index contributed by atoms with van der Waals surface area (Å²) in [6.07, 6.45) is 9.17. The van der Waals surface area contributed by atoms with E-state index in [0.29, 0.717) is 35.6 Å². The van der Waals surface area contributed by atoms with Crippen LogP contribution in [0.2, 0.25) is 0 Å². The molecule has 3 aliphatic rings. The third-order valence-corrected chi connectivity index (χ3v) is 23.3.